The lowest BCUT2D eigenvalue weighted by Crippen LogP contribution is -2.51. The van der Waals surface area contributed by atoms with Crippen molar-refractivity contribution in [3.63, 3.8) is 0 Å². The van der Waals surface area contributed by atoms with Crippen molar-refractivity contribution in [1.29, 1.82) is 0 Å². The Labute approximate surface area is 110 Å². The van der Waals surface area contributed by atoms with Crippen LogP contribution in [0.5, 0.6) is 0 Å². The minimum absolute atomic E-state index is 0.0216. The highest BCUT2D eigenvalue weighted by Gasteiger charge is 2.34. The first-order valence-corrected chi connectivity index (χ1v) is 6.38. The molecule has 106 valence electrons. The molecule has 0 saturated heterocycles. The second-order valence-electron chi connectivity index (χ2n) is 7.00. The third-order valence-corrected chi connectivity index (χ3v) is 2.38. The van der Waals surface area contributed by atoms with E-state index in [1.54, 1.807) is 20.8 Å². The monoisotopic (exact) mass is 257 g/mol. The minimum atomic E-state index is -0.562. The topological polar surface area (TPSA) is 55.4 Å². The number of ketones is 1. The molecule has 0 rings (SSSR count). The predicted octanol–water partition coefficient (Wildman–Crippen LogP) is 3.15. The average molecular weight is 257 g/mol. The van der Waals surface area contributed by atoms with Crippen LogP contribution in [-0.4, -0.2) is 23.5 Å². The molecular formula is C14H27NO3. The largest absolute Gasteiger partial charge is 0.444 e. The van der Waals surface area contributed by atoms with Gasteiger partial charge in [0.2, 0.25) is 0 Å². The first kappa shape index (κ1) is 16.9. The maximum Gasteiger partial charge on any atom is 0.408 e. The van der Waals surface area contributed by atoms with Crippen molar-refractivity contribution in [2.24, 2.45) is 11.3 Å². The Hall–Kier alpha value is -1.06. The second kappa shape index (κ2) is 5.72. The number of Topliss-reactive ketones (excluding diaryl/α,β-unsaturated/α-hetero) is 1. The van der Waals surface area contributed by atoms with Crippen LogP contribution in [0.2, 0.25) is 0 Å². The molecular weight excluding hydrogens is 230 g/mol. The van der Waals surface area contributed by atoms with Crippen molar-refractivity contribution in [1.82, 2.24) is 5.32 Å². The predicted molar refractivity (Wildman–Crippen MR) is 72.5 cm³/mol. The second-order valence-corrected chi connectivity index (χ2v) is 7.00. The van der Waals surface area contributed by atoms with Crippen LogP contribution in [0.4, 0.5) is 4.79 Å². The molecule has 18 heavy (non-hydrogen) atoms. The molecule has 0 saturated carbocycles. The van der Waals surface area contributed by atoms with E-state index in [9.17, 15) is 9.59 Å². The normalized spacial score (nSPS) is 14.3. The summed E-state index contributed by atoms with van der Waals surface area (Å²) in [6, 6.07) is -0.535. The van der Waals surface area contributed by atoms with Crippen LogP contribution in [0.1, 0.15) is 55.4 Å². The molecule has 1 atom stereocenters. The molecule has 0 spiro atoms. The fourth-order valence-electron chi connectivity index (χ4n) is 1.47. The number of hydrogen-bond acceptors (Lipinski definition) is 3. The molecule has 0 aliphatic rings. The smallest absolute Gasteiger partial charge is 0.408 e. The summed E-state index contributed by atoms with van der Waals surface area (Å²) in [6.07, 6.45) is -0.545. The molecule has 0 aromatic heterocycles. The molecule has 0 fully saturated rings. The van der Waals surface area contributed by atoms with Gasteiger partial charge in [0.15, 0.2) is 5.78 Å². The molecule has 1 amide bonds. The van der Waals surface area contributed by atoms with Gasteiger partial charge >= 0.3 is 6.09 Å². The van der Waals surface area contributed by atoms with E-state index in [2.05, 4.69) is 5.32 Å². The fraction of sp³-hybridized carbons (Fsp3) is 0.857. The summed E-state index contributed by atoms with van der Waals surface area (Å²) in [6.45, 7) is 14.8. The molecule has 0 aliphatic heterocycles. The van der Waals surface area contributed by atoms with E-state index in [1.807, 2.05) is 34.6 Å². The Morgan fingerprint density at radius 3 is 1.72 bits per heavy atom. The molecule has 1 unspecified atom stereocenters. The van der Waals surface area contributed by atoms with Crippen molar-refractivity contribution in [2.45, 2.75) is 67.0 Å². The maximum absolute atomic E-state index is 12.1. The third kappa shape index (κ3) is 6.03. The summed E-state index contributed by atoms with van der Waals surface area (Å²) in [4.78, 5) is 23.9. The lowest BCUT2D eigenvalue weighted by Gasteiger charge is -2.32. The fourth-order valence-corrected chi connectivity index (χ4v) is 1.47. The number of rotatable bonds is 3. The first-order valence-electron chi connectivity index (χ1n) is 6.38. The van der Waals surface area contributed by atoms with Crippen LogP contribution in [0, 0.1) is 11.3 Å². The molecule has 0 aliphatic carbocycles. The lowest BCUT2D eigenvalue weighted by atomic mass is 9.81. The van der Waals surface area contributed by atoms with Gasteiger partial charge in [-0.3, -0.25) is 4.79 Å². The summed E-state index contributed by atoms with van der Waals surface area (Å²) in [5, 5.41) is 2.68. The zero-order valence-electron chi connectivity index (χ0n) is 12.9. The Morgan fingerprint density at radius 1 is 1.00 bits per heavy atom. The first-order chi connectivity index (χ1) is 7.84. The van der Waals surface area contributed by atoms with Gasteiger partial charge < -0.3 is 10.1 Å². The molecule has 1 N–H and O–H groups in total. The number of nitrogens with one attached hydrogen (secondary N) is 1. The van der Waals surface area contributed by atoms with E-state index in [1.165, 1.54) is 0 Å². The van der Waals surface area contributed by atoms with Crippen LogP contribution >= 0.6 is 0 Å². The van der Waals surface area contributed by atoms with Crippen LogP contribution in [0.15, 0.2) is 0 Å². The Morgan fingerprint density at radius 2 is 1.44 bits per heavy atom. The van der Waals surface area contributed by atoms with Gasteiger partial charge in [-0.05, 0) is 26.2 Å². The zero-order chi connectivity index (χ0) is 14.7. The molecule has 4 heteroatoms. The number of carbonyl (C=O) groups is 2. The molecule has 0 aromatic carbocycles. The summed E-state index contributed by atoms with van der Waals surface area (Å²) in [5.41, 5.74) is -0.897. The van der Waals surface area contributed by atoms with Gasteiger partial charge in [0, 0.05) is 5.92 Å². The Kier molecular flexibility index (Phi) is 5.38. The van der Waals surface area contributed by atoms with Crippen molar-refractivity contribution >= 4 is 11.9 Å². The summed E-state index contributed by atoms with van der Waals surface area (Å²) in [7, 11) is 0. The van der Waals surface area contributed by atoms with Gasteiger partial charge in [0.05, 0.1) is 6.04 Å². The molecule has 0 radical (unpaired) electrons. The zero-order valence-corrected chi connectivity index (χ0v) is 12.9. The minimum Gasteiger partial charge on any atom is -0.444 e. The summed E-state index contributed by atoms with van der Waals surface area (Å²) < 4.78 is 5.19. The van der Waals surface area contributed by atoms with Crippen molar-refractivity contribution in [3.8, 4) is 0 Å². The number of hydrogen-bond donors (Lipinski definition) is 1. The molecule has 0 heterocycles. The van der Waals surface area contributed by atoms with Gasteiger partial charge in [-0.25, -0.2) is 4.79 Å². The highest BCUT2D eigenvalue weighted by Crippen LogP contribution is 2.23. The van der Waals surface area contributed by atoms with Crippen LogP contribution in [0.3, 0.4) is 0 Å². The van der Waals surface area contributed by atoms with Gasteiger partial charge in [0.25, 0.3) is 0 Å². The number of alkyl carbamates (subject to hydrolysis) is 1. The van der Waals surface area contributed by atoms with E-state index in [0.29, 0.717) is 0 Å². The van der Waals surface area contributed by atoms with Crippen LogP contribution < -0.4 is 5.32 Å². The average Bonchev–Trinajstić information content (AvgIpc) is 2.08. The molecule has 0 aromatic rings. The summed E-state index contributed by atoms with van der Waals surface area (Å²) >= 11 is 0. The van der Waals surface area contributed by atoms with E-state index >= 15 is 0 Å². The van der Waals surface area contributed by atoms with Gasteiger partial charge in [0.1, 0.15) is 5.60 Å². The van der Waals surface area contributed by atoms with E-state index < -0.39 is 17.7 Å². The number of ether oxygens (including phenoxy) is 1. The summed E-state index contributed by atoms with van der Waals surface area (Å²) in [5.74, 6) is -0.0995. The standard InChI is InChI=1S/C14H27NO3/c1-9(2)10(16)11(13(3,4)5)15-12(17)18-14(6,7)8/h9,11H,1-8H3,(H,15,17). The lowest BCUT2D eigenvalue weighted by molar-refractivity contribution is -0.126. The van der Waals surface area contributed by atoms with Crippen LogP contribution in [0.25, 0.3) is 0 Å². The third-order valence-electron chi connectivity index (χ3n) is 2.38. The van der Waals surface area contributed by atoms with E-state index in [-0.39, 0.29) is 17.1 Å². The quantitative estimate of drug-likeness (QED) is 0.845. The van der Waals surface area contributed by atoms with E-state index in [4.69, 9.17) is 4.74 Å². The van der Waals surface area contributed by atoms with E-state index in [0.717, 1.165) is 0 Å². The highest BCUT2D eigenvalue weighted by atomic mass is 16.6. The molecule has 4 nitrogen and oxygen atoms in total. The van der Waals surface area contributed by atoms with Gasteiger partial charge in [-0.15, -0.1) is 0 Å². The van der Waals surface area contributed by atoms with Crippen LogP contribution in [-0.2, 0) is 9.53 Å². The maximum atomic E-state index is 12.1. The van der Waals surface area contributed by atoms with Crippen molar-refractivity contribution in [3.05, 3.63) is 0 Å². The Bertz CT molecular complexity index is 308. The SMILES string of the molecule is CC(C)C(=O)C(NC(=O)OC(C)(C)C)C(C)(C)C. The van der Waals surface area contributed by atoms with Gasteiger partial charge in [-0.2, -0.15) is 0 Å². The number of amides is 1. The highest BCUT2D eigenvalue weighted by molar-refractivity contribution is 5.89. The number of carbonyl (C=O) groups excluding carboxylic acids is 2. The van der Waals surface area contributed by atoms with Crippen molar-refractivity contribution in [2.75, 3.05) is 0 Å². The van der Waals surface area contributed by atoms with Crippen molar-refractivity contribution < 1.29 is 14.3 Å². The van der Waals surface area contributed by atoms with Gasteiger partial charge in [-0.1, -0.05) is 34.6 Å². The Balaban J connectivity index is 4.83. The molecule has 0 bridgehead atoms.